The van der Waals surface area contributed by atoms with Crippen LogP contribution in [0.5, 0.6) is 0 Å². The lowest BCUT2D eigenvalue weighted by Crippen LogP contribution is -2.27. The van der Waals surface area contributed by atoms with Gasteiger partial charge in [0.2, 0.25) is 0 Å². The molecule has 0 unspecified atom stereocenters. The smallest absolute Gasteiger partial charge is 0.338 e. The van der Waals surface area contributed by atoms with Gasteiger partial charge in [0.25, 0.3) is 0 Å². The Morgan fingerprint density at radius 2 is 1.52 bits per heavy atom. The van der Waals surface area contributed by atoms with Crippen LogP contribution < -0.4 is 0 Å². The van der Waals surface area contributed by atoms with Crippen molar-refractivity contribution < 1.29 is 38.9 Å². The molecule has 0 aliphatic heterocycles. The van der Waals surface area contributed by atoms with E-state index in [1.807, 2.05) is 6.92 Å². The average Bonchev–Trinajstić information content (AvgIpc) is 2.57. The standard InChI is InChI=1S/C17H20O8/c1-4-17(2,3)16(23)25-8-7-24-15(22)10-5-6-11(13(18)19)12(9-10)14(20)21/h5-6,9H,4,7-8H2,1-3H3,(H,18,19)(H,20,21). The van der Waals surface area contributed by atoms with Gasteiger partial charge in [0.1, 0.15) is 13.2 Å². The van der Waals surface area contributed by atoms with Crippen LogP contribution in [0.25, 0.3) is 0 Å². The first kappa shape index (κ1) is 20.1. The molecule has 0 spiro atoms. The SMILES string of the molecule is CCC(C)(C)C(=O)OCCOC(=O)c1ccc(C(=O)O)c(C(=O)O)c1. The minimum Gasteiger partial charge on any atom is -0.478 e. The van der Waals surface area contributed by atoms with Crippen LogP contribution in [0.15, 0.2) is 18.2 Å². The molecule has 0 bridgehead atoms. The number of benzene rings is 1. The minimum absolute atomic E-state index is 0.109. The number of carboxylic acids is 2. The summed E-state index contributed by atoms with van der Waals surface area (Å²) in [5.41, 5.74) is -1.69. The second-order valence-electron chi connectivity index (χ2n) is 5.88. The zero-order valence-corrected chi connectivity index (χ0v) is 14.2. The second kappa shape index (κ2) is 8.27. The van der Waals surface area contributed by atoms with E-state index in [0.29, 0.717) is 6.42 Å². The highest BCUT2D eigenvalue weighted by molar-refractivity contribution is 6.03. The van der Waals surface area contributed by atoms with Crippen LogP contribution in [0.4, 0.5) is 0 Å². The van der Waals surface area contributed by atoms with Crippen molar-refractivity contribution in [2.45, 2.75) is 27.2 Å². The zero-order valence-electron chi connectivity index (χ0n) is 14.2. The maximum atomic E-state index is 11.9. The number of carbonyl (C=O) groups is 4. The topological polar surface area (TPSA) is 127 Å². The first-order valence-corrected chi connectivity index (χ1v) is 7.55. The Morgan fingerprint density at radius 3 is 2.04 bits per heavy atom. The number of carbonyl (C=O) groups excluding carboxylic acids is 2. The van der Waals surface area contributed by atoms with E-state index in [4.69, 9.17) is 19.7 Å². The predicted octanol–water partition coefficient (Wildman–Crippen LogP) is 2.22. The number of hydrogen-bond acceptors (Lipinski definition) is 6. The van der Waals surface area contributed by atoms with Gasteiger partial charge in [0.05, 0.1) is 22.1 Å². The van der Waals surface area contributed by atoms with Gasteiger partial charge in [-0.2, -0.15) is 0 Å². The fraction of sp³-hybridized carbons (Fsp3) is 0.412. The molecule has 0 saturated heterocycles. The molecular formula is C17H20O8. The molecule has 136 valence electrons. The van der Waals surface area contributed by atoms with Crippen LogP contribution in [-0.2, 0) is 14.3 Å². The fourth-order valence-corrected chi connectivity index (χ4v) is 1.73. The first-order chi connectivity index (χ1) is 11.6. The van der Waals surface area contributed by atoms with Crippen LogP contribution in [0.1, 0.15) is 58.3 Å². The van der Waals surface area contributed by atoms with E-state index in [-0.39, 0.29) is 18.8 Å². The molecule has 1 rings (SSSR count). The molecule has 0 heterocycles. The molecule has 2 N–H and O–H groups in total. The summed E-state index contributed by atoms with van der Waals surface area (Å²) in [6.07, 6.45) is 0.597. The van der Waals surface area contributed by atoms with Crippen LogP contribution in [0, 0.1) is 5.41 Å². The van der Waals surface area contributed by atoms with Crippen molar-refractivity contribution >= 4 is 23.9 Å². The summed E-state index contributed by atoms with van der Waals surface area (Å²) in [7, 11) is 0. The molecule has 0 aliphatic rings. The van der Waals surface area contributed by atoms with Crippen LogP contribution in [-0.4, -0.2) is 47.3 Å². The van der Waals surface area contributed by atoms with Crippen LogP contribution in [0.3, 0.4) is 0 Å². The highest BCUT2D eigenvalue weighted by Crippen LogP contribution is 2.21. The van der Waals surface area contributed by atoms with Gasteiger partial charge in [0, 0.05) is 0 Å². The normalized spacial score (nSPS) is 10.8. The molecule has 0 amide bonds. The van der Waals surface area contributed by atoms with Gasteiger partial charge in [-0.1, -0.05) is 6.92 Å². The number of esters is 2. The third kappa shape index (κ3) is 5.30. The van der Waals surface area contributed by atoms with E-state index in [2.05, 4.69) is 0 Å². The van der Waals surface area contributed by atoms with E-state index in [0.717, 1.165) is 18.2 Å². The van der Waals surface area contributed by atoms with Crippen molar-refractivity contribution in [3.8, 4) is 0 Å². The summed E-state index contributed by atoms with van der Waals surface area (Å²) in [6, 6.07) is 3.11. The largest absolute Gasteiger partial charge is 0.478 e. The predicted molar refractivity (Wildman–Crippen MR) is 85.7 cm³/mol. The number of carboxylic acid groups (broad SMARTS) is 2. The highest BCUT2D eigenvalue weighted by atomic mass is 16.6. The molecule has 8 heteroatoms. The van der Waals surface area contributed by atoms with Crippen molar-refractivity contribution in [3.05, 3.63) is 34.9 Å². The van der Waals surface area contributed by atoms with E-state index >= 15 is 0 Å². The second-order valence-corrected chi connectivity index (χ2v) is 5.88. The van der Waals surface area contributed by atoms with E-state index in [1.165, 1.54) is 0 Å². The van der Waals surface area contributed by atoms with Crippen LogP contribution in [0.2, 0.25) is 0 Å². The Bertz CT molecular complexity index is 690. The molecule has 0 aromatic heterocycles. The average molecular weight is 352 g/mol. The summed E-state index contributed by atoms with van der Waals surface area (Å²) in [5.74, 6) is -4.14. The summed E-state index contributed by atoms with van der Waals surface area (Å²) >= 11 is 0. The molecule has 1 aromatic rings. The van der Waals surface area contributed by atoms with Crippen molar-refractivity contribution in [2.24, 2.45) is 5.41 Å². The molecular weight excluding hydrogens is 332 g/mol. The van der Waals surface area contributed by atoms with Gasteiger partial charge in [-0.15, -0.1) is 0 Å². The number of rotatable bonds is 8. The lowest BCUT2D eigenvalue weighted by Gasteiger charge is -2.20. The van der Waals surface area contributed by atoms with E-state index in [9.17, 15) is 19.2 Å². The molecule has 0 fully saturated rings. The zero-order chi connectivity index (χ0) is 19.2. The Morgan fingerprint density at radius 1 is 0.960 bits per heavy atom. The van der Waals surface area contributed by atoms with E-state index in [1.54, 1.807) is 13.8 Å². The lowest BCUT2D eigenvalue weighted by molar-refractivity contribution is -0.155. The number of ether oxygens (including phenoxy) is 2. The quantitative estimate of drug-likeness (QED) is 0.538. The molecule has 0 aliphatic carbocycles. The van der Waals surface area contributed by atoms with E-state index < -0.39 is 40.4 Å². The van der Waals surface area contributed by atoms with Gasteiger partial charge in [0.15, 0.2) is 0 Å². The lowest BCUT2D eigenvalue weighted by atomic mass is 9.91. The monoisotopic (exact) mass is 352 g/mol. The first-order valence-electron chi connectivity index (χ1n) is 7.55. The van der Waals surface area contributed by atoms with Crippen LogP contribution >= 0.6 is 0 Å². The summed E-state index contributed by atoms with van der Waals surface area (Å²) in [6.45, 7) is 4.99. The molecule has 1 aromatic carbocycles. The Hall–Kier alpha value is -2.90. The number of hydrogen-bond donors (Lipinski definition) is 2. The fourth-order valence-electron chi connectivity index (χ4n) is 1.73. The van der Waals surface area contributed by atoms with Gasteiger partial charge >= 0.3 is 23.9 Å². The minimum atomic E-state index is -1.47. The van der Waals surface area contributed by atoms with Gasteiger partial charge in [-0.25, -0.2) is 14.4 Å². The highest BCUT2D eigenvalue weighted by Gasteiger charge is 2.27. The van der Waals surface area contributed by atoms with Gasteiger partial charge in [-0.3, -0.25) is 4.79 Å². The van der Waals surface area contributed by atoms with Crippen molar-refractivity contribution in [3.63, 3.8) is 0 Å². The third-order valence-electron chi connectivity index (χ3n) is 3.70. The third-order valence-corrected chi connectivity index (χ3v) is 3.70. The maximum Gasteiger partial charge on any atom is 0.338 e. The Kier molecular flexibility index (Phi) is 6.67. The van der Waals surface area contributed by atoms with Crippen molar-refractivity contribution in [1.29, 1.82) is 0 Å². The molecule has 25 heavy (non-hydrogen) atoms. The maximum absolute atomic E-state index is 11.9. The molecule has 0 saturated carbocycles. The van der Waals surface area contributed by atoms with Gasteiger partial charge in [-0.05, 0) is 38.5 Å². The Balaban J connectivity index is 2.67. The number of aromatic carboxylic acids is 2. The summed E-state index contributed by atoms with van der Waals surface area (Å²) < 4.78 is 9.91. The molecule has 0 atom stereocenters. The van der Waals surface area contributed by atoms with Crippen molar-refractivity contribution in [2.75, 3.05) is 13.2 Å². The molecule has 8 nitrogen and oxygen atoms in total. The summed E-state index contributed by atoms with van der Waals surface area (Å²) in [4.78, 5) is 45.7. The Labute approximate surface area is 144 Å². The van der Waals surface area contributed by atoms with Crippen molar-refractivity contribution in [1.82, 2.24) is 0 Å². The summed E-state index contributed by atoms with van der Waals surface area (Å²) in [5, 5.41) is 18.0. The molecule has 0 radical (unpaired) electrons. The van der Waals surface area contributed by atoms with Gasteiger partial charge < -0.3 is 19.7 Å².